The van der Waals surface area contributed by atoms with E-state index in [1.807, 2.05) is 0 Å². The molecule has 0 aromatic heterocycles. The second kappa shape index (κ2) is 7.65. The van der Waals surface area contributed by atoms with Crippen molar-refractivity contribution in [2.45, 2.75) is 0 Å². The molecule has 7 nitrogen and oxygen atoms in total. The number of nitrogens with one attached hydrogen (secondary N) is 1. The van der Waals surface area contributed by atoms with Gasteiger partial charge in [0, 0.05) is 17.2 Å². The van der Waals surface area contributed by atoms with Gasteiger partial charge in [-0.3, -0.25) is 4.79 Å². The third kappa shape index (κ3) is 4.22. The molecular weight excluding hydrogens is 288 g/mol. The van der Waals surface area contributed by atoms with Gasteiger partial charge >= 0.3 is 0 Å². The first-order valence-corrected chi connectivity index (χ1v) is 6.09. The first-order valence-electron chi connectivity index (χ1n) is 6.09. The Balaban J connectivity index is 0.00000242. The van der Waals surface area contributed by atoms with Crippen molar-refractivity contribution in [1.82, 2.24) is 5.43 Å². The monoisotopic (exact) mass is 304 g/mol. The molecule has 116 valence electrons. The van der Waals surface area contributed by atoms with E-state index in [1.165, 1.54) is 43.7 Å². The number of carbonyl (C=O) groups excluding carboxylic acids is 1. The van der Waals surface area contributed by atoms with Gasteiger partial charge in [-0.25, -0.2) is 5.43 Å². The molecule has 2 aromatic rings. The van der Waals surface area contributed by atoms with E-state index in [0.29, 0.717) is 16.9 Å². The molecule has 2 rings (SSSR count). The van der Waals surface area contributed by atoms with Crippen LogP contribution in [0.25, 0.3) is 0 Å². The quantitative estimate of drug-likeness (QED) is 0.577. The van der Waals surface area contributed by atoms with Gasteiger partial charge < -0.3 is 20.4 Å². The number of rotatable bonds is 4. The van der Waals surface area contributed by atoms with E-state index in [1.54, 1.807) is 12.1 Å². The highest BCUT2D eigenvalue weighted by Gasteiger charge is 2.04. The summed E-state index contributed by atoms with van der Waals surface area (Å²) in [6.07, 6.45) is 1.33. The van der Waals surface area contributed by atoms with Crippen LogP contribution in [0.2, 0.25) is 0 Å². The summed E-state index contributed by atoms with van der Waals surface area (Å²) in [4.78, 5) is 11.7. The first kappa shape index (κ1) is 17.0. The summed E-state index contributed by atoms with van der Waals surface area (Å²) < 4.78 is 4.97. The van der Waals surface area contributed by atoms with Gasteiger partial charge in [0.25, 0.3) is 5.91 Å². The lowest BCUT2D eigenvalue weighted by atomic mass is 10.2. The zero-order valence-corrected chi connectivity index (χ0v) is 11.8. The fraction of sp³-hybridized carbons (Fsp3) is 0.0667. The SMILES string of the molecule is COc1ccc(/C=N/NC(=O)c2ccc(O)cc2)c(O)c1.O. The highest BCUT2D eigenvalue weighted by atomic mass is 16.5. The largest absolute Gasteiger partial charge is 0.508 e. The number of hydrazone groups is 1. The standard InChI is InChI=1S/C15H14N2O4.H2O/c1-21-13-7-4-11(14(19)8-13)9-16-17-15(20)10-2-5-12(18)6-3-10;/h2-9,18-19H,1H3,(H,17,20);1H2/b16-9+;. The highest BCUT2D eigenvalue weighted by Crippen LogP contribution is 2.21. The first-order chi connectivity index (χ1) is 10.1. The summed E-state index contributed by atoms with van der Waals surface area (Å²) in [5.41, 5.74) is 3.14. The van der Waals surface area contributed by atoms with Gasteiger partial charge in [-0.1, -0.05) is 0 Å². The van der Waals surface area contributed by atoms with Crippen molar-refractivity contribution in [3.8, 4) is 17.2 Å². The summed E-state index contributed by atoms with van der Waals surface area (Å²) in [7, 11) is 1.50. The molecule has 0 radical (unpaired) electrons. The van der Waals surface area contributed by atoms with Crippen molar-refractivity contribution in [1.29, 1.82) is 0 Å². The predicted molar refractivity (Wildman–Crippen MR) is 81.4 cm³/mol. The maximum atomic E-state index is 11.7. The summed E-state index contributed by atoms with van der Waals surface area (Å²) in [5.74, 6) is 0.187. The van der Waals surface area contributed by atoms with Crippen LogP contribution >= 0.6 is 0 Å². The Morgan fingerprint density at radius 1 is 1.18 bits per heavy atom. The van der Waals surface area contributed by atoms with Crippen molar-refractivity contribution >= 4 is 12.1 Å². The number of carbonyl (C=O) groups is 1. The van der Waals surface area contributed by atoms with Crippen LogP contribution in [-0.4, -0.2) is 34.9 Å². The normalized spacial score (nSPS) is 10.0. The smallest absolute Gasteiger partial charge is 0.271 e. The van der Waals surface area contributed by atoms with E-state index in [9.17, 15) is 9.90 Å². The third-order valence-electron chi connectivity index (χ3n) is 2.74. The maximum absolute atomic E-state index is 11.7. The number of hydrogen-bond donors (Lipinski definition) is 3. The molecule has 0 aliphatic carbocycles. The van der Waals surface area contributed by atoms with Gasteiger partial charge in [0.2, 0.25) is 0 Å². The van der Waals surface area contributed by atoms with E-state index in [-0.39, 0.29) is 17.0 Å². The predicted octanol–water partition coefficient (Wildman–Crippen LogP) is 1.05. The van der Waals surface area contributed by atoms with Crippen molar-refractivity contribution in [3.63, 3.8) is 0 Å². The average molecular weight is 304 g/mol. The van der Waals surface area contributed by atoms with Crippen LogP contribution in [0.4, 0.5) is 0 Å². The molecule has 0 fully saturated rings. The van der Waals surface area contributed by atoms with Crippen LogP contribution in [0.5, 0.6) is 17.2 Å². The highest BCUT2D eigenvalue weighted by molar-refractivity contribution is 5.95. The average Bonchev–Trinajstić information content (AvgIpc) is 2.49. The molecule has 2 aromatic carbocycles. The molecule has 1 amide bonds. The lowest BCUT2D eigenvalue weighted by molar-refractivity contribution is 0.0955. The number of hydrogen-bond acceptors (Lipinski definition) is 5. The van der Waals surface area contributed by atoms with E-state index in [4.69, 9.17) is 9.84 Å². The number of ether oxygens (including phenoxy) is 1. The topological polar surface area (TPSA) is 123 Å². The van der Waals surface area contributed by atoms with E-state index >= 15 is 0 Å². The molecule has 7 heteroatoms. The fourth-order valence-electron chi connectivity index (χ4n) is 1.60. The molecule has 0 atom stereocenters. The van der Waals surface area contributed by atoms with E-state index in [0.717, 1.165) is 0 Å². The minimum Gasteiger partial charge on any atom is -0.508 e. The Labute approximate surface area is 126 Å². The Morgan fingerprint density at radius 2 is 1.86 bits per heavy atom. The van der Waals surface area contributed by atoms with Gasteiger partial charge in [-0.2, -0.15) is 5.10 Å². The molecule has 0 saturated carbocycles. The molecule has 0 bridgehead atoms. The molecule has 22 heavy (non-hydrogen) atoms. The van der Waals surface area contributed by atoms with E-state index < -0.39 is 5.91 Å². The van der Waals surface area contributed by atoms with Gasteiger partial charge in [-0.15, -0.1) is 0 Å². The Hall–Kier alpha value is -3.06. The number of amides is 1. The van der Waals surface area contributed by atoms with Gasteiger partial charge in [0.1, 0.15) is 17.2 Å². The molecule has 5 N–H and O–H groups in total. The molecule has 0 saturated heterocycles. The summed E-state index contributed by atoms with van der Waals surface area (Å²) in [6.45, 7) is 0. The van der Waals surface area contributed by atoms with Gasteiger partial charge in [0.05, 0.1) is 13.3 Å². The minimum atomic E-state index is -0.417. The number of benzene rings is 2. The molecule has 0 aliphatic rings. The zero-order valence-electron chi connectivity index (χ0n) is 11.8. The van der Waals surface area contributed by atoms with Gasteiger partial charge in [0.15, 0.2) is 0 Å². The molecule has 0 aliphatic heterocycles. The van der Waals surface area contributed by atoms with Crippen LogP contribution in [0.3, 0.4) is 0 Å². The minimum absolute atomic E-state index is 0. The lowest BCUT2D eigenvalue weighted by Crippen LogP contribution is -2.17. The summed E-state index contributed by atoms with van der Waals surface area (Å²) in [5, 5.41) is 22.6. The Kier molecular flexibility index (Phi) is 5.91. The summed E-state index contributed by atoms with van der Waals surface area (Å²) >= 11 is 0. The lowest BCUT2D eigenvalue weighted by Gasteiger charge is -2.03. The summed E-state index contributed by atoms with van der Waals surface area (Å²) in [6, 6.07) is 10.5. The van der Waals surface area contributed by atoms with Crippen molar-refractivity contribution in [2.24, 2.45) is 5.10 Å². The van der Waals surface area contributed by atoms with Crippen LogP contribution in [-0.2, 0) is 0 Å². The van der Waals surface area contributed by atoms with Crippen LogP contribution in [0, 0.1) is 0 Å². The molecular formula is C15H16N2O5. The fourth-order valence-corrected chi connectivity index (χ4v) is 1.60. The number of phenolic OH excluding ortho intramolecular Hbond substituents is 2. The maximum Gasteiger partial charge on any atom is 0.271 e. The molecule has 0 unspecified atom stereocenters. The van der Waals surface area contributed by atoms with Gasteiger partial charge in [-0.05, 0) is 36.4 Å². The second-order valence-corrected chi connectivity index (χ2v) is 4.17. The Morgan fingerprint density at radius 3 is 2.45 bits per heavy atom. The van der Waals surface area contributed by atoms with Crippen molar-refractivity contribution in [3.05, 3.63) is 53.6 Å². The van der Waals surface area contributed by atoms with Crippen molar-refractivity contribution < 1.29 is 25.2 Å². The number of methoxy groups -OCH3 is 1. The number of aromatic hydroxyl groups is 2. The van der Waals surface area contributed by atoms with Crippen molar-refractivity contribution in [2.75, 3.05) is 7.11 Å². The third-order valence-corrected chi connectivity index (χ3v) is 2.74. The second-order valence-electron chi connectivity index (χ2n) is 4.17. The molecule has 0 spiro atoms. The zero-order chi connectivity index (χ0) is 15.2. The molecule has 0 heterocycles. The number of phenols is 2. The van der Waals surface area contributed by atoms with Crippen LogP contribution < -0.4 is 10.2 Å². The van der Waals surface area contributed by atoms with Crippen LogP contribution in [0.15, 0.2) is 47.6 Å². The van der Waals surface area contributed by atoms with Crippen LogP contribution in [0.1, 0.15) is 15.9 Å². The Bertz CT molecular complexity index is 668. The number of nitrogens with zero attached hydrogens (tertiary/aromatic N) is 1. The van der Waals surface area contributed by atoms with E-state index in [2.05, 4.69) is 10.5 Å².